The van der Waals surface area contributed by atoms with Gasteiger partial charge in [-0.3, -0.25) is 4.79 Å². The number of β-amino-alcohol motifs (C(OH)–C–C–N with tert-alkyl or cyclic N) is 1. The summed E-state index contributed by atoms with van der Waals surface area (Å²) >= 11 is 0. The molecule has 5 nitrogen and oxygen atoms in total. The summed E-state index contributed by atoms with van der Waals surface area (Å²) in [6.07, 6.45) is 0.775. The van der Waals surface area contributed by atoms with Gasteiger partial charge >= 0.3 is 5.97 Å². The predicted molar refractivity (Wildman–Crippen MR) is 112 cm³/mol. The summed E-state index contributed by atoms with van der Waals surface area (Å²) in [5.41, 5.74) is 2.14. The number of piperidine rings is 1. The van der Waals surface area contributed by atoms with Crippen LogP contribution in [-0.2, 0) is 14.3 Å². The zero-order valence-electron chi connectivity index (χ0n) is 17.1. The van der Waals surface area contributed by atoms with Crippen molar-refractivity contribution >= 4 is 5.97 Å². The minimum Gasteiger partial charge on any atom is -0.466 e. The third-order valence-corrected chi connectivity index (χ3v) is 5.34. The molecule has 0 bridgehead atoms. The van der Waals surface area contributed by atoms with Crippen LogP contribution in [-0.4, -0.2) is 54.9 Å². The highest BCUT2D eigenvalue weighted by Gasteiger charge is 2.27. The first-order valence-electron chi connectivity index (χ1n) is 10.5. The van der Waals surface area contributed by atoms with Crippen LogP contribution in [0.1, 0.15) is 37.0 Å². The zero-order valence-corrected chi connectivity index (χ0v) is 17.1. The Morgan fingerprint density at radius 3 is 2.10 bits per heavy atom. The van der Waals surface area contributed by atoms with Gasteiger partial charge in [0.05, 0.1) is 25.2 Å². The molecule has 1 aliphatic heterocycles. The third kappa shape index (κ3) is 6.39. The summed E-state index contributed by atoms with van der Waals surface area (Å²) in [6.45, 7) is 4.65. The van der Waals surface area contributed by atoms with Crippen LogP contribution in [0.5, 0.6) is 0 Å². The molecule has 1 unspecified atom stereocenters. The Kier molecular flexibility index (Phi) is 8.23. The maximum Gasteiger partial charge on any atom is 0.309 e. The lowest BCUT2D eigenvalue weighted by molar-refractivity contribution is -0.149. The lowest BCUT2D eigenvalue weighted by Crippen LogP contribution is -2.42. The van der Waals surface area contributed by atoms with Crippen molar-refractivity contribution in [3.05, 3.63) is 71.8 Å². The molecule has 2 aromatic carbocycles. The van der Waals surface area contributed by atoms with E-state index in [1.165, 1.54) is 0 Å². The Morgan fingerprint density at radius 2 is 1.59 bits per heavy atom. The number of aliphatic hydroxyl groups is 1. The molecule has 1 fully saturated rings. The van der Waals surface area contributed by atoms with Gasteiger partial charge in [0.25, 0.3) is 0 Å². The van der Waals surface area contributed by atoms with Crippen molar-refractivity contribution in [1.82, 2.24) is 4.90 Å². The van der Waals surface area contributed by atoms with E-state index in [1.54, 1.807) is 0 Å². The average Bonchev–Trinajstić information content (AvgIpc) is 2.76. The minimum atomic E-state index is -0.580. The van der Waals surface area contributed by atoms with Crippen LogP contribution in [0, 0.1) is 5.92 Å². The normalized spacial score (nSPS) is 16.7. The topological polar surface area (TPSA) is 59.0 Å². The standard InChI is InChI=1S/C24H31NO4/c1-2-28-24(27)21-13-15-25(16-14-21)17-22(26)18-29-23(19-9-5-3-6-10-19)20-11-7-4-8-12-20/h3-12,21-23,26H,2,13-18H2,1H3. The van der Waals surface area contributed by atoms with Crippen molar-refractivity contribution in [2.24, 2.45) is 5.92 Å². The second-order valence-corrected chi connectivity index (χ2v) is 7.52. The van der Waals surface area contributed by atoms with E-state index in [0.717, 1.165) is 37.1 Å². The fourth-order valence-corrected chi connectivity index (χ4v) is 3.81. The first-order chi connectivity index (χ1) is 14.2. The summed E-state index contributed by atoms with van der Waals surface area (Å²) in [4.78, 5) is 14.1. The number of ether oxygens (including phenoxy) is 2. The predicted octanol–water partition coefficient (Wildman–Crippen LogP) is 3.43. The minimum absolute atomic E-state index is 0.0138. The molecule has 1 N–H and O–H groups in total. The maximum atomic E-state index is 11.9. The van der Waals surface area contributed by atoms with E-state index in [1.807, 2.05) is 67.6 Å². The summed E-state index contributed by atoms with van der Waals surface area (Å²) in [6, 6.07) is 20.2. The molecule has 29 heavy (non-hydrogen) atoms. The Morgan fingerprint density at radius 1 is 1.03 bits per heavy atom. The van der Waals surface area contributed by atoms with Crippen LogP contribution in [0.4, 0.5) is 0 Å². The molecule has 1 aliphatic rings. The number of rotatable bonds is 9. The van der Waals surface area contributed by atoms with Gasteiger partial charge in [-0.05, 0) is 44.0 Å². The average molecular weight is 398 g/mol. The number of aliphatic hydroxyl groups excluding tert-OH is 1. The third-order valence-electron chi connectivity index (χ3n) is 5.34. The van der Waals surface area contributed by atoms with Crippen molar-refractivity contribution < 1.29 is 19.4 Å². The van der Waals surface area contributed by atoms with Gasteiger partial charge in [0, 0.05) is 6.54 Å². The van der Waals surface area contributed by atoms with Crippen LogP contribution in [0.15, 0.2) is 60.7 Å². The molecular formula is C24H31NO4. The number of benzene rings is 2. The van der Waals surface area contributed by atoms with Crippen molar-refractivity contribution in [2.75, 3.05) is 32.8 Å². The van der Waals surface area contributed by atoms with E-state index in [-0.39, 0.29) is 24.6 Å². The zero-order chi connectivity index (χ0) is 20.5. The molecule has 0 amide bonds. The molecule has 0 saturated carbocycles. The fraction of sp³-hybridized carbons (Fsp3) is 0.458. The maximum absolute atomic E-state index is 11.9. The van der Waals surface area contributed by atoms with Gasteiger partial charge in [-0.1, -0.05) is 60.7 Å². The molecule has 0 spiro atoms. The number of hydrogen-bond acceptors (Lipinski definition) is 5. The molecule has 2 aromatic rings. The van der Waals surface area contributed by atoms with Gasteiger partial charge in [0.2, 0.25) is 0 Å². The van der Waals surface area contributed by atoms with E-state index in [9.17, 15) is 9.90 Å². The Labute approximate surface area is 173 Å². The van der Waals surface area contributed by atoms with Gasteiger partial charge in [0.1, 0.15) is 6.10 Å². The lowest BCUT2D eigenvalue weighted by atomic mass is 9.97. The first-order valence-corrected chi connectivity index (χ1v) is 10.5. The molecule has 0 radical (unpaired) electrons. The SMILES string of the molecule is CCOC(=O)C1CCN(CC(O)COC(c2ccccc2)c2ccccc2)CC1. The Hall–Kier alpha value is -2.21. The molecule has 1 heterocycles. The molecule has 3 rings (SSSR count). The van der Waals surface area contributed by atoms with Crippen LogP contribution in [0.2, 0.25) is 0 Å². The van der Waals surface area contributed by atoms with Crippen LogP contribution < -0.4 is 0 Å². The van der Waals surface area contributed by atoms with Gasteiger partial charge in [-0.25, -0.2) is 0 Å². The van der Waals surface area contributed by atoms with Crippen molar-refractivity contribution in [3.8, 4) is 0 Å². The highest BCUT2D eigenvalue weighted by molar-refractivity contribution is 5.72. The molecule has 1 atom stereocenters. The molecule has 156 valence electrons. The van der Waals surface area contributed by atoms with E-state index in [0.29, 0.717) is 13.2 Å². The van der Waals surface area contributed by atoms with Gasteiger partial charge in [-0.15, -0.1) is 0 Å². The second kappa shape index (κ2) is 11.1. The smallest absolute Gasteiger partial charge is 0.309 e. The number of carbonyl (C=O) groups is 1. The monoisotopic (exact) mass is 397 g/mol. The van der Waals surface area contributed by atoms with Crippen molar-refractivity contribution in [3.63, 3.8) is 0 Å². The molecular weight excluding hydrogens is 366 g/mol. The molecule has 0 aromatic heterocycles. The van der Waals surface area contributed by atoms with Gasteiger partial charge < -0.3 is 19.5 Å². The van der Waals surface area contributed by atoms with Crippen molar-refractivity contribution in [2.45, 2.75) is 32.0 Å². The molecule has 5 heteroatoms. The number of hydrogen-bond donors (Lipinski definition) is 1. The molecule has 1 saturated heterocycles. The highest BCUT2D eigenvalue weighted by atomic mass is 16.5. The quantitative estimate of drug-likeness (QED) is 0.657. The number of carbonyl (C=O) groups excluding carboxylic acids is 1. The summed E-state index contributed by atoms with van der Waals surface area (Å²) in [5.74, 6) is -0.107. The highest BCUT2D eigenvalue weighted by Crippen LogP contribution is 2.26. The summed E-state index contributed by atoms with van der Waals surface area (Å²) < 4.78 is 11.3. The number of nitrogens with zero attached hydrogens (tertiary/aromatic N) is 1. The van der Waals surface area contributed by atoms with Gasteiger partial charge in [0.15, 0.2) is 0 Å². The Balaban J connectivity index is 1.51. The van der Waals surface area contributed by atoms with E-state index in [2.05, 4.69) is 4.90 Å². The van der Waals surface area contributed by atoms with E-state index < -0.39 is 6.10 Å². The Bertz CT molecular complexity index is 690. The second-order valence-electron chi connectivity index (χ2n) is 7.52. The summed E-state index contributed by atoms with van der Waals surface area (Å²) in [5, 5.41) is 10.5. The van der Waals surface area contributed by atoms with Crippen molar-refractivity contribution in [1.29, 1.82) is 0 Å². The van der Waals surface area contributed by atoms with Crippen LogP contribution in [0.3, 0.4) is 0 Å². The number of esters is 1. The number of likely N-dealkylation sites (tertiary alicyclic amines) is 1. The fourth-order valence-electron chi connectivity index (χ4n) is 3.81. The van der Waals surface area contributed by atoms with Crippen LogP contribution >= 0.6 is 0 Å². The summed E-state index contributed by atoms with van der Waals surface area (Å²) in [7, 11) is 0. The lowest BCUT2D eigenvalue weighted by Gasteiger charge is -2.32. The van der Waals surface area contributed by atoms with Gasteiger partial charge in [-0.2, -0.15) is 0 Å². The van der Waals surface area contributed by atoms with E-state index >= 15 is 0 Å². The van der Waals surface area contributed by atoms with E-state index in [4.69, 9.17) is 9.47 Å². The first kappa shape index (κ1) is 21.5. The molecule has 0 aliphatic carbocycles. The largest absolute Gasteiger partial charge is 0.466 e. The van der Waals surface area contributed by atoms with Crippen LogP contribution in [0.25, 0.3) is 0 Å².